The van der Waals surface area contributed by atoms with Crippen molar-refractivity contribution in [2.45, 2.75) is 39.2 Å². The van der Waals surface area contributed by atoms with Crippen molar-refractivity contribution in [2.24, 2.45) is 4.99 Å². The lowest BCUT2D eigenvalue weighted by atomic mass is 9.99. The Morgan fingerprint density at radius 3 is 2.38 bits per heavy atom. The predicted molar refractivity (Wildman–Crippen MR) is 110 cm³/mol. The van der Waals surface area contributed by atoms with Crippen molar-refractivity contribution in [1.82, 2.24) is 20.7 Å². The van der Waals surface area contributed by atoms with Crippen molar-refractivity contribution in [1.29, 1.82) is 0 Å². The number of imide groups is 1. The summed E-state index contributed by atoms with van der Waals surface area (Å²) in [4.78, 5) is 30.2. The van der Waals surface area contributed by atoms with Gasteiger partial charge in [0.2, 0.25) is 0 Å². The molecule has 3 rings (SSSR count). The normalized spacial score (nSPS) is 13.9. The van der Waals surface area contributed by atoms with Crippen LogP contribution in [0.25, 0.3) is 0 Å². The first kappa shape index (κ1) is 20.6. The standard InChI is InChI=1S/C21H27N5O3/c1-4-14(5-2)18-12-15(29-25-18)13-24-21(22-3)23-10-11-26-19(27)16-8-6-7-9-17(16)20(26)28/h6-9,12,14H,4-5,10-11,13H2,1-3H3,(H2,22,23,24). The third kappa shape index (κ3) is 4.47. The number of fused-ring (bicyclic) bond motifs is 1. The average molecular weight is 397 g/mol. The van der Waals surface area contributed by atoms with Gasteiger partial charge in [0, 0.05) is 32.1 Å². The number of hydrogen-bond acceptors (Lipinski definition) is 5. The number of nitrogens with one attached hydrogen (secondary N) is 2. The third-order valence-electron chi connectivity index (χ3n) is 5.14. The van der Waals surface area contributed by atoms with Crippen molar-refractivity contribution in [3.8, 4) is 0 Å². The Morgan fingerprint density at radius 1 is 1.14 bits per heavy atom. The van der Waals surface area contributed by atoms with Gasteiger partial charge in [-0.3, -0.25) is 19.5 Å². The van der Waals surface area contributed by atoms with Crippen molar-refractivity contribution < 1.29 is 14.1 Å². The second-order valence-electron chi connectivity index (χ2n) is 6.89. The zero-order chi connectivity index (χ0) is 20.8. The zero-order valence-electron chi connectivity index (χ0n) is 17.1. The molecule has 1 aliphatic rings. The third-order valence-corrected chi connectivity index (χ3v) is 5.14. The number of amides is 2. The number of benzene rings is 1. The molecule has 1 aliphatic heterocycles. The summed E-state index contributed by atoms with van der Waals surface area (Å²) >= 11 is 0. The molecule has 0 bridgehead atoms. The Hall–Kier alpha value is -3.16. The van der Waals surface area contributed by atoms with Crippen LogP contribution in [-0.4, -0.2) is 48.0 Å². The van der Waals surface area contributed by atoms with Crippen LogP contribution >= 0.6 is 0 Å². The smallest absolute Gasteiger partial charge is 0.261 e. The van der Waals surface area contributed by atoms with Gasteiger partial charge in [-0.05, 0) is 25.0 Å². The minimum atomic E-state index is -0.258. The molecule has 1 aromatic heterocycles. The molecule has 0 saturated carbocycles. The molecule has 2 aromatic rings. The molecule has 154 valence electrons. The second kappa shape index (κ2) is 9.36. The lowest BCUT2D eigenvalue weighted by molar-refractivity contribution is 0.0657. The summed E-state index contributed by atoms with van der Waals surface area (Å²) in [6.07, 6.45) is 2.05. The fourth-order valence-electron chi connectivity index (χ4n) is 3.43. The molecule has 8 heteroatoms. The van der Waals surface area contributed by atoms with Crippen LogP contribution in [0, 0.1) is 0 Å². The second-order valence-corrected chi connectivity index (χ2v) is 6.89. The first-order valence-electron chi connectivity index (χ1n) is 9.94. The fraction of sp³-hybridized carbons (Fsp3) is 0.429. The molecule has 8 nitrogen and oxygen atoms in total. The molecule has 0 fully saturated rings. The highest BCUT2D eigenvalue weighted by Gasteiger charge is 2.34. The van der Waals surface area contributed by atoms with Crippen LogP contribution in [0.5, 0.6) is 0 Å². The van der Waals surface area contributed by atoms with E-state index in [1.807, 2.05) is 6.07 Å². The van der Waals surface area contributed by atoms with E-state index in [-0.39, 0.29) is 18.4 Å². The number of rotatable bonds is 8. The maximum Gasteiger partial charge on any atom is 0.261 e. The van der Waals surface area contributed by atoms with Gasteiger partial charge in [-0.15, -0.1) is 0 Å². The van der Waals surface area contributed by atoms with E-state index in [9.17, 15) is 9.59 Å². The van der Waals surface area contributed by atoms with Crippen LogP contribution < -0.4 is 10.6 Å². The molecule has 0 spiro atoms. The number of nitrogens with zero attached hydrogens (tertiary/aromatic N) is 3. The summed E-state index contributed by atoms with van der Waals surface area (Å²) in [5.74, 6) is 1.18. The number of hydrogen-bond donors (Lipinski definition) is 2. The zero-order valence-corrected chi connectivity index (χ0v) is 17.1. The van der Waals surface area contributed by atoms with Crippen LogP contribution in [-0.2, 0) is 6.54 Å². The first-order valence-corrected chi connectivity index (χ1v) is 9.94. The number of carbonyl (C=O) groups is 2. The first-order chi connectivity index (χ1) is 14.1. The van der Waals surface area contributed by atoms with Gasteiger partial charge in [-0.2, -0.15) is 0 Å². The van der Waals surface area contributed by atoms with Gasteiger partial charge < -0.3 is 15.2 Å². The monoisotopic (exact) mass is 397 g/mol. The van der Waals surface area contributed by atoms with Crippen LogP contribution in [0.3, 0.4) is 0 Å². The Morgan fingerprint density at radius 2 is 1.79 bits per heavy atom. The van der Waals surface area contributed by atoms with E-state index in [0.29, 0.717) is 36.1 Å². The highest BCUT2D eigenvalue weighted by molar-refractivity contribution is 6.21. The van der Waals surface area contributed by atoms with E-state index in [4.69, 9.17) is 4.52 Å². The highest BCUT2D eigenvalue weighted by Crippen LogP contribution is 2.23. The van der Waals surface area contributed by atoms with Crippen LogP contribution in [0.1, 0.15) is 64.8 Å². The van der Waals surface area contributed by atoms with Gasteiger partial charge >= 0.3 is 0 Å². The lowest BCUT2D eigenvalue weighted by Gasteiger charge is -2.16. The van der Waals surface area contributed by atoms with Gasteiger partial charge in [0.25, 0.3) is 11.8 Å². The average Bonchev–Trinajstić information content (AvgIpc) is 3.30. The van der Waals surface area contributed by atoms with Crippen molar-refractivity contribution >= 4 is 17.8 Å². The van der Waals surface area contributed by atoms with Crippen LogP contribution in [0.2, 0.25) is 0 Å². The molecule has 1 aromatic carbocycles. The minimum absolute atomic E-state index is 0.258. The Labute approximate surface area is 170 Å². The number of guanidine groups is 1. The number of aromatic nitrogens is 1. The molecule has 0 unspecified atom stereocenters. The van der Waals surface area contributed by atoms with Crippen molar-refractivity contribution in [3.63, 3.8) is 0 Å². The quantitative estimate of drug-likeness (QED) is 0.403. The van der Waals surface area contributed by atoms with E-state index < -0.39 is 0 Å². The molecule has 2 amide bonds. The molecule has 0 saturated heterocycles. The molecule has 0 radical (unpaired) electrons. The maximum absolute atomic E-state index is 12.4. The van der Waals surface area contributed by atoms with E-state index in [1.165, 1.54) is 4.90 Å². The van der Waals surface area contributed by atoms with Gasteiger partial charge in [-0.1, -0.05) is 31.1 Å². The predicted octanol–water partition coefficient (Wildman–Crippen LogP) is 2.54. The number of aliphatic imine (C=N–C) groups is 1. The van der Waals surface area contributed by atoms with E-state index in [1.54, 1.807) is 31.3 Å². The minimum Gasteiger partial charge on any atom is -0.359 e. The van der Waals surface area contributed by atoms with Crippen molar-refractivity contribution in [3.05, 3.63) is 52.9 Å². The Kier molecular flexibility index (Phi) is 6.64. The van der Waals surface area contributed by atoms with Crippen molar-refractivity contribution in [2.75, 3.05) is 20.1 Å². The molecular formula is C21H27N5O3. The van der Waals surface area contributed by atoms with Gasteiger partial charge in [0.1, 0.15) is 0 Å². The molecule has 2 N–H and O–H groups in total. The maximum atomic E-state index is 12.4. The molecule has 2 heterocycles. The van der Waals surface area contributed by atoms with E-state index in [0.717, 1.165) is 24.3 Å². The summed E-state index contributed by atoms with van der Waals surface area (Å²) in [7, 11) is 1.66. The van der Waals surface area contributed by atoms with Gasteiger partial charge in [0.05, 0.1) is 23.4 Å². The SMILES string of the molecule is CCC(CC)c1cc(CNC(=NC)NCCN2C(=O)c3ccccc3C2=O)on1. The topological polar surface area (TPSA) is 99.8 Å². The molecular weight excluding hydrogens is 370 g/mol. The summed E-state index contributed by atoms with van der Waals surface area (Å²) in [5.41, 5.74) is 1.89. The van der Waals surface area contributed by atoms with Crippen LogP contribution in [0.4, 0.5) is 0 Å². The highest BCUT2D eigenvalue weighted by atomic mass is 16.5. The summed E-state index contributed by atoms with van der Waals surface area (Å²) < 4.78 is 5.40. The van der Waals surface area contributed by atoms with Crippen LogP contribution in [0.15, 0.2) is 39.8 Å². The Bertz CT molecular complexity index is 866. The number of carbonyl (C=O) groups excluding carboxylic acids is 2. The Balaban J connectivity index is 1.48. The summed E-state index contributed by atoms with van der Waals surface area (Å²) in [5, 5.41) is 10.4. The lowest BCUT2D eigenvalue weighted by Crippen LogP contribution is -2.42. The summed E-state index contributed by atoms with van der Waals surface area (Å²) in [6.45, 7) is 5.37. The molecule has 29 heavy (non-hydrogen) atoms. The van der Waals surface area contributed by atoms with Gasteiger partial charge in [0.15, 0.2) is 11.7 Å². The summed E-state index contributed by atoms with van der Waals surface area (Å²) in [6, 6.07) is 8.84. The molecule has 0 aliphatic carbocycles. The van der Waals surface area contributed by atoms with E-state index in [2.05, 4.69) is 34.6 Å². The molecule has 0 atom stereocenters. The largest absolute Gasteiger partial charge is 0.359 e. The van der Waals surface area contributed by atoms with E-state index >= 15 is 0 Å². The fourth-order valence-corrected chi connectivity index (χ4v) is 3.43. The van der Waals surface area contributed by atoms with Gasteiger partial charge in [-0.25, -0.2) is 0 Å².